The maximum Gasteiger partial charge on any atom is 0.248 e. The number of rotatable bonds is 1. The van der Waals surface area contributed by atoms with Gasteiger partial charge in [0.25, 0.3) is 0 Å². The van der Waals surface area contributed by atoms with Gasteiger partial charge in [0.2, 0.25) is 5.91 Å². The molecule has 0 spiro atoms. The highest BCUT2D eigenvalue weighted by molar-refractivity contribution is 6.39. The molecule has 2 rings (SSSR count). The Morgan fingerprint density at radius 2 is 2.00 bits per heavy atom. The number of nitrogens with zero attached hydrogens (tertiary/aromatic N) is 1. The summed E-state index contributed by atoms with van der Waals surface area (Å²) in [6, 6.07) is 4.89. The molecule has 1 aromatic heterocycles. The summed E-state index contributed by atoms with van der Waals surface area (Å²) in [6.07, 6.45) is 1.47. The molecule has 0 saturated carbocycles. The van der Waals surface area contributed by atoms with Crippen molar-refractivity contribution in [1.82, 2.24) is 4.98 Å². The van der Waals surface area contributed by atoms with Crippen molar-refractivity contribution in [3.05, 3.63) is 40.1 Å². The normalized spacial score (nSPS) is 10.5. The summed E-state index contributed by atoms with van der Waals surface area (Å²) in [5, 5.41) is 2.17. The molecule has 0 saturated heterocycles. The van der Waals surface area contributed by atoms with Gasteiger partial charge in [-0.2, -0.15) is 0 Å². The lowest BCUT2D eigenvalue weighted by molar-refractivity contribution is 0.100. The maximum atomic E-state index is 11.0. The van der Waals surface area contributed by atoms with Crippen LogP contribution < -0.4 is 5.73 Å². The largest absolute Gasteiger partial charge is 0.366 e. The lowest BCUT2D eigenvalue weighted by Gasteiger charge is -2.03. The summed E-state index contributed by atoms with van der Waals surface area (Å²) >= 11 is 11.8. The van der Waals surface area contributed by atoms with Gasteiger partial charge in [-0.1, -0.05) is 29.3 Å². The van der Waals surface area contributed by atoms with Gasteiger partial charge in [0.05, 0.1) is 5.02 Å². The van der Waals surface area contributed by atoms with Crippen molar-refractivity contribution in [1.29, 1.82) is 0 Å². The van der Waals surface area contributed by atoms with Crippen LogP contribution in [-0.2, 0) is 0 Å². The monoisotopic (exact) mass is 240 g/mol. The Labute approximate surface area is 95.8 Å². The number of hydrogen-bond acceptors (Lipinski definition) is 2. The number of carbonyl (C=O) groups is 1. The molecule has 15 heavy (non-hydrogen) atoms. The number of carbonyl (C=O) groups excluding carboxylic acids is 1. The van der Waals surface area contributed by atoms with E-state index >= 15 is 0 Å². The molecule has 0 unspecified atom stereocenters. The number of nitrogens with two attached hydrogens (primary N) is 1. The first-order valence-corrected chi connectivity index (χ1v) is 4.89. The second kappa shape index (κ2) is 3.68. The van der Waals surface area contributed by atoms with Crippen LogP contribution >= 0.6 is 23.2 Å². The van der Waals surface area contributed by atoms with E-state index in [1.807, 2.05) is 0 Å². The number of aromatic nitrogens is 1. The van der Waals surface area contributed by atoms with E-state index in [0.29, 0.717) is 21.1 Å². The summed E-state index contributed by atoms with van der Waals surface area (Å²) in [4.78, 5) is 14.9. The van der Waals surface area contributed by atoms with Crippen molar-refractivity contribution in [3.63, 3.8) is 0 Å². The van der Waals surface area contributed by atoms with Crippen LogP contribution in [0.2, 0.25) is 10.2 Å². The van der Waals surface area contributed by atoms with E-state index in [1.54, 1.807) is 18.2 Å². The fourth-order valence-corrected chi connectivity index (χ4v) is 1.75. The van der Waals surface area contributed by atoms with Crippen LogP contribution in [0.3, 0.4) is 0 Å². The Hall–Kier alpha value is -1.32. The third-order valence-corrected chi connectivity index (χ3v) is 2.68. The highest BCUT2D eigenvalue weighted by Gasteiger charge is 2.07. The van der Waals surface area contributed by atoms with Crippen LogP contribution in [0.25, 0.3) is 10.8 Å². The Morgan fingerprint density at radius 3 is 2.67 bits per heavy atom. The quantitative estimate of drug-likeness (QED) is 0.780. The fourth-order valence-electron chi connectivity index (χ4n) is 1.33. The average molecular weight is 241 g/mol. The Kier molecular flexibility index (Phi) is 2.50. The van der Waals surface area contributed by atoms with Crippen molar-refractivity contribution >= 4 is 39.9 Å². The van der Waals surface area contributed by atoms with E-state index in [-0.39, 0.29) is 0 Å². The summed E-state index contributed by atoms with van der Waals surface area (Å²) in [5.74, 6) is -0.507. The van der Waals surface area contributed by atoms with E-state index in [9.17, 15) is 4.79 Å². The summed E-state index contributed by atoms with van der Waals surface area (Å²) in [6.45, 7) is 0. The molecule has 3 nitrogen and oxygen atoms in total. The van der Waals surface area contributed by atoms with Gasteiger partial charge in [-0.15, -0.1) is 0 Å². The summed E-state index contributed by atoms with van der Waals surface area (Å²) < 4.78 is 0. The maximum absolute atomic E-state index is 11.0. The van der Waals surface area contributed by atoms with Gasteiger partial charge in [0, 0.05) is 22.5 Å². The van der Waals surface area contributed by atoms with E-state index in [0.717, 1.165) is 5.39 Å². The third-order valence-electron chi connectivity index (χ3n) is 2.07. The van der Waals surface area contributed by atoms with Gasteiger partial charge < -0.3 is 5.73 Å². The molecule has 2 aromatic rings. The molecule has 0 fully saturated rings. The Balaban J connectivity index is 2.81. The minimum absolute atomic E-state index is 0.303. The van der Waals surface area contributed by atoms with Gasteiger partial charge >= 0.3 is 0 Å². The number of halogens is 2. The standard InChI is InChI=1S/C10H6Cl2N2O/c11-8-4-14-9(12)7-3-5(10(13)15)1-2-6(7)8/h1-4H,(H2,13,15). The fraction of sp³-hybridized carbons (Fsp3) is 0. The van der Waals surface area contributed by atoms with E-state index < -0.39 is 5.91 Å². The number of hydrogen-bond donors (Lipinski definition) is 1. The zero-order valence-electron chi connectivity index (χ0n) is 7.50. The smallest absolute Gasteiger partial charge is 0.248 e. The van der Waals surface area contributed by atoms with Gasteiger partial charge in [-0.25, -0.2) is 4.98 Å². The van der Waals surface area contributed by atoms with Gasteiger partial charge in [-0.3, -0.25) is 4.79 Å². The lowest BCUT2D eigenvalue weighted by Crippen LogP contribution is -2.10. The van der Waals surface area contributed by atoms with Crippen LogP contribution in [0.15, 0.2) is 24.4 Å². The number of amides is 1. The topological polar surface area (TPSA) is 56.0 Å². The summed E-state index contributed by atoms with van der Waals surface area (Å²) in [5.41, 5.74) is 5.54. The minimum Gasteiger partial charge on any atom is -0.366 e. The average Bonchev–Trinajstić information content (AvgIpc) is 2.23. The first-order valence-electron chi connectivity index (χ1n) is 4.13. The van der Waals surface area contributed by atoms with Crippen LogP contribution in [0.1, 0.15) is 10.4 Å². The first kappa shape index (κ1) is 10.2. The molecule has 0 aliphatic heterocycles. The number of pyridine rings is 1. The molecule has 2 N–H and O–H groups in total. The number of fused-ring (bicyclic) bond motifs is 1. The van der Waals surface area contributed by atoms with Crippen molar-refractivity contribution in [2.45, 2.75) is 0 Å². The van der Waals surface area contributed by atoms with Crippen molar-refractivity contribution in [3.8, 4) is 0 Å². The van der Waals surface area contributed by atoms with Crippen molar-refractivity contribution in [2.75, 3.05) is 0 Å². The summed E-state index contributed by atoms with van der Waals surface area (Å²) in [7, 11) is 0. The van der Waals surface area contributed by atoms with Crippen molar-refractivity contribution < 1.29 is 4.79 Å². The Bertz CT molecular complexity index is 554. The van der Waals surface area contributed by atoms with E-state index in [4.69, 9.17) is 28.9 Å². The highest BCUT2D eigenvalue weighted by atomic mass is 35.5. The van der Waals surface area contributed by atoms with Gasteiger partial charge in [0.15, 0.2) is 0 Å². The van der Waals surface area contributed by atoms with E-state index in [2.05, 4.69) is 4.98 Å². The molecule has 0 aliphatic carbocycles. The Morgan fingerprint density at radius 1 is 1.27 bits per heavy atom. The molecular formula is C10H6Cl2N2O. The molecule has 1 amide bonds. The van der Waals surface area contributed by atoms with Gasteiger partial charge in [0.1, 0.15) is 5.15 Å². The van der Waals surface area contributed by atoms with Crippen LogP contribution in [-0.4, -0.2) is 10.9 Å². The first-order chi connectivity index (χ1) is 7.09. The SMILES string of the molecule is NC(=O)c1ccc2c(Cl)cnc(Cl)c2c1. The highest BCUT2D eigenvalue weighted by Crippen LogP contribution is 2.28. The molecule has 76 valence electrons. The second-order valence-corrected chi connectivity index (χ2v) is 3.79. The second-order valence-electron chi connectivity index (χ2n) is 3.02. The number of benzene rings is 1. The zero-order valence-corrected chi connectivity index (χ0v) is 9.01. The molecule has 0 aliphatic rings. The molecule has 0 atom stereocenters. The molecular weight excluding hydrogens is 235 g/mol. The third kappa shape index (κ3) is 1.76. The van der Waals surface area contributed by atoms with E-state index in [1.165, 1.54) is 6.20 Å². The molecule has 5 heteroatoms. The minimum atomic E-state index is -0.507. The van der Waals surface area contributed by atoms with Gasteiger partial charge in [-0.05, 0) is 12.1 Å². The number of primary amides is 1. The van der Waals surface area contributed by atoms with Crippen molar-refractivity contribution in [2.24, 2.45) is 5.73 Å². The molecule has 1 heterocycles. The molecule has 0 bridgehead atoms. The molecule has 0 radical (unpaired) electrons. The zero-order chi connectivity index (χ0) is 11.0. The molecule has 1 aromatic carbocycles. The van der Waals surface area contributed by atoms with Crippen LogP contribution in [0.5, 0.6) is 0 Å². The van der Waals surface area contributed by atoms with Crippen LogP contribution in [0, 0.1) is 0 Å². The van der Waals surface area contributed by atoms with Crippen LogP contribution in [0.4, 0.5) is 0 Å². The predicted molar refractivity (Wildman–Crippen MR) is 60.3 cm³/mol. The lowest BCUT2D eigenvalue weighted by atomic mass is 10.1. The predicted octanol–water partition coefficient (Wildman–Crippen LogP) is 2.64.